The van der Waals surface area contributed by atoms with Gasteiger partial charge in [-0.15, -0.1) is 0 Å². The first-order valence-corrected chi connectivity index (χ1v) is 5.24. The zero-order valence-corrected chi connectivity index (χ0v) is 9.56. The van der Waals surface area contributed by atoms with Gasteiger partial charge in [-0.3, -0.25) is 0 Å². The van der Waals surface area contributed by atoms with Gasteiger partial charge in [-0.1, -0.05) is 12.1 Å². The minimum absolute atomic E-state index is 0.0281. The minimum atomic E-state index is -0.970. The van der Waals surface area contributed by atoms with Crippen LogP contribution in [0.15, 0.2) is 24.3 Å². The van der Waals surface area contributed by atoms with Gasteiger partial charge in [0, 0.05) is 6.04 Å². The lowest BCUT2D eigenvalue weighted by molar-refractivity contribution is 0.190. The van der Waals surface area contributed by atoms with Crippen LogP contribution in [0, 0.1) is 0 Å². The largest absolute Gasteiger partial charge is 0.497 e. The molecule has 1 rings (SSSR count). The first-order chi connectivity index (χ1) is 7.61. The van der Waals surface area contributed by atoms with Crippen LogP contribution < -0.4 is 10.1 Å². The molecule has 0 radical (unpaired) electrons. The van der Waals surface area contributed by atoms with E-state index < -0.39 is 6.09 Å². The molecule has 1 aromatic carbocycles. The highest BCUT2D eigenvalue weighted by atomic mass is 16.5. The van der Waals surface area contributed by atoms with Gasteiger partial charge in [0.2, 0.25) is 0 Å². The molecule has 0 saturated carbocycles. The van der Waals surface area contributed by atoms with Crippen LogP contribution in [-0.4, -0.2) is 24.4 Å². The lowest BCUT2D eigenvalue weighted by Crippen LogP contribution is -2.31. The van der Waals surface area contributed by atoms with Gasteiger partial charge >= 0.3 is 6.09 Å². The zero-order valence-electron chi connectivity index (χ0n) is 9.56. The summed E-state index contributed by atoms with van der Waals surface area (Å²) in [5.74, 6) is 0.834. The average Bonchev–Trinajstić information content (AvgIpc) is 2.26. The van der Waals surface area contributed by atoms with Crippen LogP contribution in [-0.2, 0) is 6.42 Å². The van der Waals surface area contributed by atoms with Crippen molar-refractivity contribution >= 4 is 6.09 Å². The standard InChI is InChI=1S/C12H17NO3/c1-9(13-12(14)15)3-4-10-5-7-11(16-2)8-6-10/h5-9,13H,3-4H2,1-2H3,(H,14,15). The summed E-state index contributed by atoms with van der Waals surface area (Å²) in [7, 11) is 1.63. The SMILES string of the molecule is COc1ccc(CCC(C)NC(=O)O)cc1. The molecule has 0 fully saturated rings. The fraction of sp³-hybridized carbons (Fsp3) is 0.417. The Kier molecular flexibility index (Phi) is 4.64. The minimum Gasteiger partial charge on any atom is -0.497 e. The van der Waals surface area contributed by atoms with Crippen LogP contribution in [0.1, 0.15) is 18.9 Å². The normalized spacial score (nSPS) is 11.9. The van der Waals surface area contributed by atoms with Crippen molar-refractivity contribution in [3.63, 3.8) is 0 Å². The third-order valence-electron chi connectivity index (χ3n) is 2.39. The van der Waals surface area contributed by atoms with Gasteiger partial charge in [-0.05, 0) is 37.5 Å². The maximum atomic E-state index is 10.4. The molecule has 1 unspecified atom stereocenters. The second-order valence-corrected chi connectivity index (χ2v) is 3.74. The Labute approximate surface area is 95.2 Å². The Balaban J connectivity index is 2.39. The summed E-state index contributed by atoms with van der Waals surface area (Å²) in [6, 6.07) is 7.77. The first-order valence-electron chi connectivity index (χ1n) is 5.24. The van der Waals surface area contributed by atoms with E-state index in [0.29, 0.717) is 0 Å². The molecule has 16 heavy (non-hydrogen) atoms. The monoisotopic (exact) mass is 223 g/mol. The van der Waals surface area contributed by atoms with Gasteiger partial charge in [0.1, 0.15) is 5.75 Å². The van der Waals surface area contributed by atoms with Crippen LogP contribution in [0.25, 0.3) is 0 Å². The highest BCUT2D eigenvalue weighted by molar-refractivity contribution is 5.64. The number of nitrogens with one attached hydrogen (secondary N) is 1. The highest BCUT2D eigenvalue weighted by Gasteiger charge is 2.05. The maximum absolute atomic E-state index is 10.4. The summed E-state index contributed by atoms with van der Waals surface area (Å²) in [6.07, 6.45) is 0.673. The molecule has 0 saturated heterocycles. The number of hydrogen-bond acceptors (Lipinski definition) is 2. The Morgan fingerprint density at radius 1 is 1.44 bits per heavy atom. The average molecular weight is 223 g/mol. The summed E-state index contributed by atoms with van der Waals surface area (Å²) in [6.45, 7) is 1.86. The number of carboxylic acid groups (broad SMARTS) is 1. The van der Waals surface area contributed by atoms with Crippen molar-refractivity contribution in [2.75, 3.05) is 7.11 Å². The number of hydrogen-bond donors (Lipinski definition) is 2. The Morgan fingerprint density at radius 3 is 2.56 bits per heavy atom. The summed E-state index contributed by atoms with van der Waals surface area (Å²) in [5, 5.41) is 10.9. The van der Waals surface area contributed by atoms with E-state index in [9.17, 15) is 4.79 Å². The molecule has 0 aliphatic carbocycles. The van der Waals surface area contributed by atoms with E-state index in [0.717, 1.165) is 18.6 Å². The van der Waals surface area contributed by atoms with Crippen molar-refractivity contribution in [2.45, 2.75) is 25.8 Å². The molecule has 1 atom stereocenters. The number of ether oxygens (including phenoxy) is 1. The topological polar surface area (TPSA) is 58.6 Å². The van der Waals surface area contributed by atoms with Crippen LogP contribution in [0.5, 0.6) is 5.75 Å². The molecular weight excluding hydrogens is 206 g/mol. The van der Waals surface area contributed by atoms with Crippen molar-refractivity contribution in [3.05, 3.63) is 29.8 Å². The van der Waals surface area contributed by atoms with Gasteiger partial charge in [0.15, 0.2) is 0 Å². The molecule has 0 heterocycles. The van der Waals surface area contributed by atoms with Crippen LogP contribution in [0.3, 0.4) is 0 Å². The fourth-order valence-corrected chi connectivity index (χ4v) is 1.46. The molecule has 1 amide bonds. The number of rotatable bonds is 5. The molecule has 88 valence electrons. The third kappa shape index (κ3) is 4.21. The number of carbonyl (C=O) groups is 1. The fourth-order valence-electron chi connectivity index (χ4n) is 1.46. The quantitative estimate of drug-likeness (QED) is 0.805. The van der Waals surface area contributed by atoms with Gasteiger partial charge in [-0.25, -0.2) is 4.79 Å². The molecule has 0 aromatic heterocycles. The summed E-state index contributed by atoms with van der Waals surface area (Å²) >= 11 is 0. The van der Waals surface area contributed by atoms with Crippen molar-refractivity contribution in [1.82, 2.24) is 5.32 Å². The molecule has 1 aromatic rings. The highest BCUT2D eigenvalue weighted by Crippen LogP contribution is 2.13. The van der Waals surface area contributed by atoms with E-state index in [1.165, 1.54) is 5.56 Å². The Morgan fingerprint density at radius 2 is 2.06 bits per heavy atom. The maximum Gasteiger partial charge on any atom is 0.404 e. The first kappa shape index (κ1) is 12.4. The van der Waals surface area contributed by atoms with Crippen molar-refractivity contribution < 1.29 is 14.6 Å². The second kappa shape index (κ2) is 6.00. The second-order valence-electron chi connectivity index (χ2n) is 3.74. The van der Waals surface area contributed by atoms with Crippen molar-refractivity contribution in [3.8, 4) is 5.75 Å². The molecule has 4 nitrogen and oxygen atoms in total. The molecule has 0 bridgehead atoms. The Bertz CT molecular complexity index is 335. The predicted molar refractivity (Wildman–Crippen MR) is 61.9 cm³/mol. The van der Waals surface area contributed by atoms with Crippen LogP contribution in [0.2, 0.25) is 0 Å². The van der Waals surface area contributed by atoms with Crippen molar-refractivity contribution in [2.24, 2.45) is 0 Å². The number of amides is 1. The molecule has 0 spiro atoms. The van der Waals surface area contributed by atoms with Gasteiger partial charge < -0.3 is 15.2 Å². The lowest BCUT2D eigenvalue weighted by Gasteiger charge is -2.11. The molecule has 2 N–H and O–H groups in total. The van der Waals surface area contributed by atoms with E-state index in [-0.39, 0.29) is 6.04 Å². The third-order valence-corrected chi connectivity index (χ3v) is 2.39. The molecule has 0 aliphatic rings. The summed E-state index contributed by atoms with van der Waals surface area (Å²) in [5.41, 5.74) is 1.18. The van der Waals surface area contributed by atoms with E-state index in [4.69, 9.17) is 9.84 Å². The number of benzene rings is 1. The predicted octanol–water partition coefficient (Wildman–Crippen LogP) is 2.28. The van der Waals surface area contributed by atoms with Crippen LogP contribution in [0.4, 0.5) is 4.79 Å². The molecule has 0 aliphatic heterocycles. The molecule has 4 heteroatoms. The van der Waals surface area contributed by atoms with E-state index >= 15 is 0 Å². The van der Waals surface area contributed by atoms with Crippen molar-refractivity contribution in [1.29, 1.82) is 0 Å². The Hall–Kier alpha value is -1.71. The number of methoxy groups -OCH3 is 1. The molecular formula is C12H17NO3. The summed E-state index contributed by atoms with van der Waals surface area (Å²) < 4.78 is 5.06. The van der Waals surface area contributed by atoms with E-state index in [1.54, 1.807) is 7.11 Å². The van der Waals surface area contributed by atoms with Gasteiger partial charge in [-0.2, -0.15) is 0 Å². The van der Waals surface area contributed by atoms with Gasteiger partial charge in [0.25, 0.3) is 0 Å². The zero-order chi connectivity index (χ0) is 12.0. The smallest absolute Gasteiger partial charge is 0.404 e. The summed E-state index contributed by atoms with van der Waals surface area (Å²) in [4.78, 5) is 10.4. The lowest BCUT2D eigenvalue weighted by atomic mass is 10.1. The number of aryl methyl sites for hydroxylation is 1. The van der Waals surface area contributed by atoms with E-state index in [1.807, 2.05) is 31.2 Å². The van der Waals surface area contributed by atoms with Crippen LogP contribution >= 0.6 is 0 Å². The van der Waals surface area contributed by atoms with Gasteiger partial charge in [0.05, 0.1) is 7.11 Å². The van der Waals surface area contributed by atoms with E-state index in [2.05, 4.69) is 5.32 Å².